The van der Waals surface area contributed by atoms with Gasteiger partial charge in [-0.05, 0) is 78.6 Å². The van der Waals surface area contributed by atoms with E-state index in [4.69, 9.17) is 19.7 Å². The van der Waals surface area contributed by atoms with Crippen LogP contribution in [-0.2, 0) is 29.7 Å². The van der Waals surface area contributed by atoms with Crippen LogP contribution in [0.4, 0.5) is 8.78 Å². The van der Waals surface area contributed by atoms with Crippen molar-refractivity contribution >= 4 is 17.0 Å². The van der Waals surface area contributed by atoms with Crippen LogP contribution in [0.15, 0.2) is 97.3 Å². The molecule has 0 spiro atoms. The van der Waals surface area contributed by atoms with E-state index in [1.165, 1.54) is 30.9 Å². The molecule has 1 saturated carbocycles. The van der Waals surface area contributed by atoms with E-state index in [1.54, 1.807) is 60.9 Å². The van der Waals surface area contributed by atoms with Gasteiger partial charge in [0.2, 0.25) is 5.88 Å². The number of hydrogen-bond donors (Lipinski definition) is 0. The van der Waals surface area contributed by atoms with Crippen molar-refractivity contribution in [2.45, 2.75) is 37.8 Å². The fraction of sp³-hybridized carbons (Fsp3) is 0.184. The first-order chi connectivity index (χ1) is 23.4. The Balaban J connectivity index is 1.16. The van der Waals surface area contributed by atoms with Crippen molar-refractivity contribution in [2.24, 2.45) is 0 Å². The SMILES string of the molecule is COC(=O)c1ccc2nc(Cc3ccc(-c4cccc(OCc5ccc(C#N)cc5F)n4)cc3F)n(CC3(c4ccncc4)CC3)c2c1. The largest absolute Gasteiger partial charge is 0.473 e. The number of rotatable bonds is 10. The van der Waals surface area contributed by atoms with Crippen molar-refractivity contribution in [1.82, 2.24) is 19.5 Å². The summed E-state index contributed by atoms with van der Waals surface area (Å²) in [6, 6.07) is 25.5. The second-order valence-electron chi connectivity index (χ2n) is 11.9. The molecule has 0 saturated heterocycles. The maximum atomic E-state index is 15.8. The molecule has 0 bridgehead atoms. The third-order valence-corrected chi connectivity index (χ3v) is 8.83. The molecule has 48 heavy (non-hydrogen) atoms. The molecule has 10 heteroatoms. The summed E-state index contributed by atoms with van der Waals surface area (Å²) in [7, 11) is 1.35. The second kappa shape index (κ2) is 12.7. The normalized spacial score (nSPS) is 13.2. The van der Waals surface area contributed by atoms with Crippen LogP contribution >= 0.6 is 0 Å². The molecule has 1 fully saturated rings. The van der Waals surface area contributed by atoms with Gasteiger partial charge in [-0.3, -0.25) is 4.98 Å². The van der Waals surface area contributed by atoms with Gasteiger partial charge < -0.3 is 14.0 Å². The Labute approximate surface area is 275 Å². The number of ether oxygens (including phenoxy) is 2. The smallest absolute Gasteiger partial charge is 0.337 e. The Morgan fingerprint density at radius 2 is 1.73 bits per heavy atom. The zero-order valence-electron chi connectivity index (χ0n) is 26.0. The second-order valence-corrected chi connectivity index (χ2v) is 11.9. The van der Waals surface area contributed by atoms with E-state index in [0.29, 0.717) is 40.3 Å². The molecule has 8 nitrogen and oxygen atoms in total. The summed E-state index contributed by atoms with van der Waals surface area (Å²) in [5.74, 6) is -0.450. The summed E-state index contributed by atoms with van der Waals surface area (Å²) in [6.45, 7) is 0.544. The third kappa shape index (κ3) is 6.10. The van der Waals surface area contributed by atoms with Crippen LogP contribution in [0.1, 0.15) is 51.3 Å². The van der Waals surface area contributed by atoms with E-state index in [0.717, 1.165) is 24.4 Å². The van der Waals surface area contributed by atoms with Crippen LogP contribution < -0.4 is 4.74 Å². The molecule has 1 aliphatic rings. The van der Waals surface area contributed by atoms with E-state index in [9.17, 15) is 9.18 Å². The first kappa shape index (κ1) is 30.7. The molecule has 0 atom stereocenters. The van der Waals surface area contributed by atoms with Gasteiger partial charge in [0.15, 0.2) is 0 Å². The first-order valence-corrected chi connectivity index (χ1v) is 15.4. The van der Waals surface area contributed by atoms with E-state index >= 15 is 4.39 Å². The number of methoxy groups -OCH3 is 1. The van der Waals surface area contributed by atoms with Crippen LogP contribution in [0, 0.1) is 23.0 Å². The van der Waals surface area contributed by atoms with Crippen molar-refractivity contribution < 1.29 is 23.0 Å². The van der Waals surface area contributed by atoms with E-state index in [2.05, 4.69) is 14.5 Å². The van der Waals surface area contributed by atoms with Crippen LogP contribution in [0.5, 0.6) is 5.88 Å². The molecule has 0 N–H and O–H groups in total. The fourth-order valence-corrected chi connectivity index (χ4v) is 5.99. The predicted molar refractivity (Wildman–Crippen MR) is 174 cm³/mol. The first-order valence-electron chi connectivity index (χ1n) is 15.4. The van der Waals surface area contributed by atoms with Crippen LogP contribution in [0.2, 0.25) is 0 Å². The lowest BCUT2D eigenvalue weighted by Gasteiger charge is -2.19. The molecule has 3 aromatic heterocycles. The zero-order chi connectivity index (χ0) is 33.3. The van der Waals surface area contributed by atoms with E-state index < -0.39 is 17.6 Å². The number of fused-ring (bicyclic) bond motifs is 1. The van der Waals surface area contributed by atoms with Gasteiger partial charge in [0, 0.05) is 48.0 Å². The Kier molecular flexibility index (Phi) is 8.11. The summed E-state index contributed by atoms with van der Waals surface area (Å²) < 4.78 is 42.9. The summed E-state index contributed by atoms with van der Waals surface area (Å²) in [5.41, 5.74) is 5.02. The maximum Gasteiger partial charge on any atom is 0.337 e. The molecular formula is C38H29F2N5O3. The number of benzene rings is 3. The van der Waals surface area contributed by atoms with Crippen molar-refractivity contribution in [3.63, 3.8) is 0 Å². The van der Waals surface area contributed by atoms with Crippen molar-refractivity contribution in [3.05, 3.63) is 143 Å². The van der Waals surface area contributed by atoms with Gasteiger partial charge in [-0.25, -0.2) is 23.5 Å². The number of pyridine rings is 2. The lowest BCUT2D eigenvalue weighted by Crippen LogP contribution is -2.18. The van der Waals surface area contributed by atoms with E-state index in [-0.39, 0.29) is 35.4 Å². The molecule has 3 heterocycles. The molecular weight excluding hydrogens is 612 g/mol. The van der Waals surface area contributed by atoms with Gasteiger partial charge in [0.05, 0.1) is 41.0 Å². The summed E-state index contributed by atoms with van der Waals surface area (Å²) in [4.78, 5) is 26.0. The fourth-order valence-electron chi connectivity index (χ4n) is 5.99. The number of imidazole rings is 1. The quantitative estimate of drug-likeness (QED) is 0.144. The average Bonchev–Trinajstić information content (AvgIpc) is 3.84. The van der Waals surface area contributed by atoms with Gasteiger partial charge in [0.1, 0.15) is 24.1 Å². The number of esters is 1. The number of carbonyl (C=O) groups is 1. The van der Waals surface area contributed by atoms with E-state index in [1.807, 2.05) is 18.2 Å². The predicted octanol–water partition coefficient (Wildman–Crippen LogP) is 7.33. The standard InChI is InChI=1S/C38H29F2N5O3/c1-47-37(46)27-9-10-33-34(19-27)45(23-38(13-14-38)29-11-15-42-16-12-29)35(43-33)20-25-7-8-26(18-31(25)40)32-3-2-4-36(44-32)48-22-28-6-5-24(21-41)17-30(28)39/h2-12,15-19H,13-14,20,22-23H2,1H3. The number of hydrogen-bond acceptors (Lipinski definition) is 7. The highest BCUT2D eigenvalue weighted by Crippen LogP contribution is 2.50. The molecule has 6 aromatic rings. The van der Waals surface area contributed by atoms with Crippen molar-refractivity contribution in [1.29, 1.82) is 5.26 Å². The van der Waals surface area contributed by atoms with Gasteiger partial charge in [-0.2, -0.15) is 5.26 Å². The maximum absolute atomic E-state index is 15.8. The van der Waals surface area contributed by atoms with Crippen molar-refractivity contribution in [3.8, 4) is 23.2 Å². The summed E-state index contributed by atoms with van der Waals surface area (Å²) in [5, 5.41) is 8.96. The summed E-state index contributed by atoms with van der Waals surface area (Å²) >= 11 is 0. The lowest BCUT2D eigenvalue weighted by atomic mass is 9.96. The van der Waals surface area contributed by atoms with Gasteiger partial charge >= 0.3 is 5.97 Å². The van der Waals surface area contributed by atoms with Crippen molar-refractivity contribution in [2.75, 3.05) is 7.11 Å². The van der Waals surface area contributed by atoms with Crippen LogP contribution in [0.3, 0.4) is 0 Å². The highest BCUT2D eigenvalue weighted by atomic mass is 19.1. The number of nitriles is 1. The number of halogens is 2. The molecule has 238 valence electrons. The minimum absolute atomic E-state index is 0.0775. The van der Waals surface area contributed by atoms with Gasteiger partial charge in [-0.1, -0.05) is 24.3 Å². The monoisotopic (exact) mass is 641 g/mol. The molecule has 7 rings (SSSR count). The molecule has 0 aliphatic heterocycles. The minimum atomic E-state index is -0.537. The zero-order valence-corrected chi connectivity index (χ0v) is 26.0. The number of aromatic nitrogens is 4. The Bertz CT molecular complexity index is 2210. The summed E-state index contributed by atoms with van der Waals surface area (Å²) in [6.07, 6.45) is 5.80. The molecule has 1 aliphatic carbocycles. The highest BCUT2D eigenvalue weighted by molar-refractivity contribution is 5.93. The topological polar surface area (TPSA) is 103 Å². The minimum Gasteiger partial charge on any atom is -0.473 e. The van der Waals surface area contributed by atoms with Crippen LogP contribution in [0.25, 0.3) is 22.3 Å². The lowest BCUT2D eigenvalue weighted by molar-refractivity contribution is 0.0601. The van der Waals surface area contributed by atoms with Crippen LogP contribution in [-0.4, -0.2) is 32.6 Å². The number of nitrogens with zero attached hydrogens (tertiary/aromatic N) is 5. The Morgan fingerprint density at radius 1 is 0.938 bits per heavy atom. The molecule has 0 unspecified atom stereocenters. The average molecular weight is 642 g/mol. The Hall–Kier alpha value is -5.95. The highest BCUT2D eigenvalue weighted by Gasteiger charge is 2.45. The Morgan fingerprint density at radius 3 is 2.46 bits per heavy atom. The van der Waals surface area contributed by atoms with Gasteiger partial charge in [0.25, 0.3) is 0 Å². The molecule has 3 aromatic carbocycles. The molecule has 0 amide bonds. The van der Waals surface area contributed by atoms with Gasteiger partial charge in [-0.15, -0.1) is 0 Å². The number of carbonyl (C=O) groups excluding carboxylic acids is 1. The third-order valence-electron chi connectivity index (χ3n) is 8.83. The molecule has 0 radical (unpaired) electrons.